The van der Waals surface area contributed by atoms with Gasteiger partial charge in [-0.2, -0.15) is 0 Å². The van der Waals surface area contributed by atoms with Crippen molar-refractivity contribution in [3.05, 3.63) is 17.6 Å². The Morgan fingerprint density at radius 2 is 1.60 bits per heavy atom. The van der Waals surface area contributed by atoms with E-state index >= 15 is 0 Å². The van der Waals surface area contributed by atoms with Gasteiger partial charge in [-0.05, 0) is 53.9 Å². The number of hydrogen-bond acceptors (Lipinski definition) is 4. The molecule has 1 aromatic rings. The summed E-state index contributed by atoms with van der Waals surface area (Å²) in [4.78, 5) is 11.2. The molecule has 0 aliphatic rings. The topological polar surface area (TPSA) is 80.8 Å². The van der Waals surface area contributed by atoms with Gasteiger partial charge in [-0.1, -0.05) is 46.8 Å². The Kier molecular flexibility index (Phi) is 14.3. The van der Waals surface area contributed by atoms with E-state index in [1.807, 2.05) is 52.4 Å². The van der Waals surface area contributed by atoms with Crippen molar-refractivity contribution in [2.75, 3.05) is 6.61 Å². The second-order valence-corrected chi connectivity index (χ2v) is 10.4. The molecule has 0 saturated carbocycles. The van der Waals surface area contributed by atoms with Crippen LogP contribution in [0.5, 0.6) is 0 Å². The zero-order chi connectivity index (χ0) is 23.1. The molecule has 0 unspecified atom stereocenters. The number of nitrogens with zero attached hydrogens (tertiary/aromatic N) is 3. The Labute approximate surface area is 227 Å². The van der Waals surface area contributed by atoms with E-state index < -0.39 is 5.54 Å². The van der Waals surface area contributed by atoms with Gasteiger partial charge in [-0.15, -0.1) is 10.6 Å². The van der Waals surface area contributed by atoms with Gasteiger partial charge in [-0.3, -0.25) is 0 Å². The minimum absolute atomic E-state index is 0. The number of hydrogen-bond donors (Lipinski definition) is 0. The van der Waals surface area contributed by atoms with Crippen molar-refractivity contribution in [1.82, 2.24) is 15.0 Å². The first-order valence-corrected chi connectivity index (χ1v) is 10.9. The Balaban J connectivity index is 0. The predicted molar refractivity (Wildman–Crippen MR) is 121 cm³/mol. The average Bonchev–Trinajstić information content (AvgIpc) is 3.04. The van der Waals surface area contributed by atoms with Gasteiger partial charge in [0.25, 0.3) is 0 Å². The van der Waals surface area contributed by atoms with E-state index in [4.69, 9.17) is 10.5 Å². The predicted octanol–water partition coefficient (Wildman–Crippen LogP) is 3.10. The van der Waals surface area contributed by atoms with Crippen molar-refractivity contribution in [2.45, 2.75) is 124 Å². The second-order valence-electron chi connectivity index (χ2n) is 10.4. The average molecular weight is 449 g/mol. The molecule has 0 aliphatic heterocycles. The number of nitrogens with one attached hydrogen (secondary N) is 1. The first kappa shape index (κ1) is 32.5. The molecule has 6 nitrogen and oxygen atoms in total. The van der Waals surface area contributed by atoms with E-state index in [2.05, 4.69) is 38.0 Å². The van der Waals surface area contributed by atoms with Crippen LogP contribution in [-0.4, -0.2) is 38.5 Å². The molecule has 0 fully saturated rings. The molecule has 0 saturated heterocycles. The van der Waals surface area contributed by atoms with Crippen LogP contribution >= 0.6 is 0 Å². The summed E-state index contributed by atoms with van der Waals surface area (Å²) in [6.07, 6.45) is 4.80. The number of ether oxygens (including phenoxy) is 1. The maximum atomic E-state index is 11.2. The van der Waals surface area contributed by atoms with Gasteiger partial charge in [0.05, 0.1) is 16.8 Å². The standard InChI is InChI=1S/C21H39N4O2.C2H6.K/c1-16(26)10-11-21(8,9)27-13-12-18(2,3)17-14-25(24-23-17)20(6,7)15-19(4,5)22;1-2;/h14,22H,10-13,15H2,1-9H3;1-2H3;/q-1;;+1. The first-order valence-electron chi connectivity index (χ1n) is 10.9. The van der Waals surface area contributed by atoms with Crippen LogP contribution in [0.15, 0.2) is 6.20 Å². The molecule has 0 radical (unpaired) electrons. The summed E-state index contributed by atoms with van der Waals surface area (Å²) in [5.74, 6) is 0.196. The number of aromatic nitrogens is 3. The summed E-state index contributed by atoms with van der Waals surface area (Å²) >= 11 is 0. The summed E-state index contributed by atoms with van der Waals surface area (Å²) in [5, 5.41) is 8.76. The van der Waals surface area contributed by atoms with Crippen LogP contribution in [0.4, 0.5) is 0 Å². The number of rotatable bonds is 11. The number of Topliss-reactive ketones (excluding diaryl/α,β-unsaturated/α-hetero) is 1. The molecule has 170 valence electrons. The van der Waals surface area contributed by atoms with Crippen molar-refractivity contribution in [3.8, 4) is 0 Å². The maximum absolute atomic E-state index is 11.2. The van der Waals surface area contributed by atoms with Gasteiger partial charge in [0, 0.05) is 24.6 Å². The van der Waals surface area contributed by atoms with E-state index in [0.29, 0.717) is 19.4 Å². The monoisotopic (exact) mass is 448 g/mol. The van der Waals surface area contributed by atoms with E-state index in [1.165, 1.54) is 0 Å². The van der Waals surface area contributed by atoms with Crippen LogP contribution in [0.2, 0.25) is 0 Å². The third-order valence-corrected chi connectivity index (χ3v) is 4.98. The molecule has 7 heteroatoms. The normalized spacial score (nSPS) is 12.7. The molecule has 0 aliphatic carbocycles. The van der Waals surface area contributed by atoms with Gasteiger partial charge in [0.2, 0.25) is 0 Å². The third-order valence-electron chi connectivity index (χ3n) is 4.98. The van der Waals surface area contributed by atoms with Gasteiger partial charge < -0.3 is 15.3 Å². The van der Waals surface area contributed by atoms with Gasteiger partial charge in [0.1, 0.15) is 5.78 Å². The zero-order valence-electron chi connectivity index (χ0n) is 21.8. The van der Waals surface area contributed by atoms with Crippen LogP contribution in [0, 0.1) is 0 Å². The minimum Gasteiger partial charge on any atom is -0.672 e. The number of ketones is 1. The van der Waals surface area contributed by atoms with E-state index in [-0.39, 0.29) is 73.7 Å². The second kappa shape index (κ2) is 13.2. The van der Waals surface area contributed by atoms with Crippen LogP contribution in [0.3, 0.4) is 0 Å². The van der Waals surface area contributed by atoms with Gasteiger partial charge in [0.15, 0.2) is 0 Å². The summed E-state index contributed by atoms with van der Waals surface area (Å²) in [6.45, 7) is 22.6. The first-order chi connectivity index (χ1) is 13.0. The van der Waals surface area contributed by atoms with Crippen LogP contribution < -0.4 is 51.4 Å². The molecule has 0 atom stereocenters. The zero-order valence-corrected chi connectivity index (χ0v) is 24.9. The fourth-order valence-corrected chi connectivity index (χ4v) is 3.29. The van der Waals surface area contributed by atoms with Crippen LogP contribution in [0.25, 0.3) is 5.73 Å². The summed E-state index contributed by atoms with van der Waals surface area (Å²) in [7, 11) is 0. The van der Waals surface area contributed by atoms with E-state index in [0.717, 1.165) is 18.5 Å². The Bertz CT molecular complexity index is 631. The Hall–Kier alpha value is 0.366. The van der Waals surface area contributed by atoms with Crippen LogP contribution in [0.1, 0.15) is 108 Å². The Morgan fingerprint density at radius 1 is 1.07 bits per heavy atom. The Morgan fingerprint density at radius 3 is 2.07 bits per heavy atom. The molecule has 0 amide bonds. The smallest absolute Gasteiger partial charge is 0.672 e. The number of carbonyl (C=O) groups excluding carboxylic acids is 1. The molecular weight excluding hydrogens is 403 g/mol. The van der Waals surface area contributed by atoms with Crippen molar-refractivity contribution in [2.24, 2.45) is 0 Å². The summed E-state index contributed by atoms with van der Waals surface area (Å²) in [5.41, 5.74) is 7.85. The quantitative estimate of drug-likeness (QED) is 0.487. The maximum Gasteiger partial charge on any atom is 1.00 e. The largest absolute Gasteiger partial charge is 1.00 e. The summed E-state index contributed by atoms with van der Waals surface area (Å²) in [6, 6.07) is 0. The van der Waals surface area contributed by atoms with Gasteiger partial charge in [-0.25, -0.2) is 4.68 Å². The molecule has 1 heterocycles. The van der Waals surface area contributed by atoms with Gasteiger partial charge >= 0.3 is 51.4 Å². The fourth-order valence-electron chi connectivity index (χ4n) is 3.29. The minimum atomic E-state index is -0.523. The van der Waals surface area contributed by atoms with Crippen molar-refractivity contribution in [3.63, 3.8) is 0 Å². The van der Waals surface area contributed by atoms with Crippen molar-refractivity contribution < 1.29 is 60.9 Å². The molecule has 0 aromatic carbocycles. The van der Waals surface area contributed by atoms with Crippen molar-refractivity contribution >= 4 is 5.78 Å². The molecule has 1 aromatic heterocycles. The SMILES string of the molecule is CC.CC(=O)CCC(C)(C)OCCC(C)(C)c1cn(C(C)(C)CC(C)(C)[NH-])nn1.[K+]. The molecule has 0 spiro atoms. The third kappa shape index (κ3) is 12.4. The molecule has 30 heavy (non-hydrogen) atoms. The van der Waals surface area contributed by atoms with Crippen LogP contribution in [-0.2, 0) is 20.5 Å². The molecule has 1 N–H and O–H groups in total. The van der Waals surface area contributed by atoms with E-state index in [1.54, 1.807) is 6.92 Å². The molecular formula is C23H45KN4O2. The molecule has 1 rings (SSSR count). The fraction of sp³-hybridized carbons (Fsp3) is 0.870. The summed E-state index contributed by atoms with van der Waals surface area (Å²) < 4.78 is 7.93. The van der Waals surface area contributed by atoms with Crippen molar-refractivity contribution in [1.29, 1.82) is 0 Å². The molecule has 0 bridgehead atoms. The van der Waals surface area contributed by atoms with E-state index in [9.17, 15) is 4.79 Å². The number of carbonyl (C=O) groups is 1.